The highest BCUT2D eigenvalue weighted by molar-refractivity contribution is 8.31. The van der Waals surface area contributed by atoms with E-state index < -0.39 is 10.2 Å². The van der Waals surface area contributed by atoms with Crippen molar-refractivity contribution in [3.05, 3.63) is 0 Å². The van der Waals surface area contributed by atoms with Crippen LogP contribution in [0.2, 0.25) is 0 Å². The smallest absolute Gasteiger partial charge is 0.00293 e. The Morgan fingerprint density at radius 3 is 1.80 bits per heavy atom. The van der Waals surface area contributed by atoms with Gasteiger partial charge in [0.2, 0.25) is 0 Å². The molecule has 0 saturated carbocycles. The molecule has 10 heavy (non-hydrogen) atoms. The summed E-state index contributed by atoms with van der Waals surface area (Å²) >= 11 is 0. The zero-order chi connectivity index (χ0) is 8.36. The Hall–Kier alpha value is 0.310. The molecule has 0 saturated heterocycles. The predicted molar refractivity (Wildman–Crippen MR) is 52.9 cm³/mol. The molecule has 0 amide bonds. The maximum Gasteiger partial charge on any atom is -0.00293 e. The van der Waals surface area contributed by atoms with Crippen molar-refractivity contribution < 1.29 is 0 Å². The van der Waals surface area contributed by atoms with Crippen molar-refractivity contribution in [1.82, 2.24) is 4.31 Å². The fraction of sp³-hybridized carbons (Fsp3) is 1.00. The van der Waals surface area contributed by atoms with Crippen LogP contribution in [-0.2, 0) is 0 Å². The van der Waals surface area contributed by atoms with Crippen LogP contribution in [0.3, 0.4) is 0 Å². The molecule has 0 aliphatic heterocycles. The second-order valence-electron chi connectivity index (χ2n) is 3.38. The molecule has 0 aliphatic rings. The third kappa shape index (κ3) is 2.17. The van der Waals surface area contributed by atoms with Gasteiger partial charge in [-0.2, -0.15) is 10.2 Å². The van der Waals surface area contributed by atoms with Crippen LogP contribution in [0.15, 0.2) is 0 Å². The van der Waals surface area contributed by atoms with Crippen LogP contribution in [0, 0.1) is 0 Å². The molecular weight excluding hydrogens is 142 g/mol. The quantitative estimate of drug-likeness (QED) is 0.617. The second kappa shape index (κ2) is 3.63. The van der Waals surface area contributed by atoms with Gasteiger partial charge in [-0.25, -0.2) is 0 Å². The van der Waals surface area contributed by atoms with Gasteiger partial charge in [0.25, 0.3) is 0 Å². The maximum atomic E-state index is 2.38. The fourth-order valence-corrected chi connectivity index (χ4v) is 2.30. The summed E-state index contributed by atoms with van der Waals surface area (Å²) < 4.78 is 2.38. The summed E-state index contributed by atoms with van der Waals surface area (Å²) in [5, 5.41) is 0.850. The zero-order valence-corrected chi connectivity index (χ0v) is 8.96. The molecule has 0 aromatic carbocycles. The first kappa shape index (κ1) is 10.3. The maximum absolute atomic E-state index is 2.38. The van der Waals surface area contributed by atoms with E-state index in [2.05, 4.69) is 44.8 Å². The van der Waals surface area contributed by atoms with Crippen molar-refractivity contribution in [2.24, 2.45) is 0 Å². The number of hydrogen-bond donors (Lipinski definition) is 0. The molecule has 1 unspecified atom stereocenters. The van der Waals surface area contributed by atoms with Crippen LogP contribution in [0.25, 0.3) is 0 Å². The Balaban J connectivity index is 4.09. The van der Waals surface area contributed by atoms with Gasteiger partial charge in [-0.15, -0.1) is 0 Å². The Morgan fingerprint density at radius 2 is 1.70 bits per heavy atom. The molecule has 2 heteroatoms. The minimum atomic E-state index is -0.494. The summed E-state index contributed by atoms with van der Waals surface area (Å²) in [6.45, 7) is 4.61. The number of hydrogen-bond acceptors (Lipinski definition) is 1. The molecular formula is C8H21NS. The Kier molecular flexibility index (Phi) is 3.74. The monoisotopic (exact) mass is 163 g/mol. The third-order valence-electron chi connectivity index (χ3n) is 2.50. The molecule has 0 heterocycles. The largest absolute Gasteiger partial charge is 0.274 e. The normalized spacial score (nSPS) is 17.5. The summed E-state index contributed by atoms with van der Waals surface area (Å²) in [4.78, 5) is 0. The first-order valence-corrected chi connectivity index (χ1v) is 6.29. The lowest BCUT2D eigenvalue weighted by atomic mass is 10.4. The van der Waals surface area contributed by atoms with Crippen molar-refractivity contribution in [1.29, 1.82) is 0 Å². The first-order valence-electron chi connectivity index (χ1n) is 3.82. The van der Waals surface area contributed by atoms with Crippen LogP contribution in [0.1, 0.15) is 20.3 Å². The summed E-state index contributed by atoms with van der Waals surface area (Å²) in [5.41, 5.74) is 0. The van der Waals surface area contributed by atoms with Gasteiger partial charge in [-0.05, 0) is 38.3 Å². The lowest BCUT2D eigenvalue weighted by Crippen LogP contribution is -2.25. The SMILES string of the molecule is CCC(C)S(C)(C)N(C)C. The molecule has 0 fully saturated rings. The van der Waals surface area contributed by atoms with E-state index in [1.54, 1.807) is 0 Å². The molecule has 0 aliphatic carbocycles. The molecule has 0 rings (SSSR count). The van der Waals surface area contributed by atoms with E-state index in [-0.39, 0.29) is 0 Å². The minimum absolute atomic E-state index is 0.494. The van der Waals surface area contributed by atoms with E-state index in [4.69, 9.17) is 0 Å². The highest BCUT2D eigenvalue weighted by Gasteiger charge is 2.20. The molecule has 0 aromatic heterocycles. The third-order valence-corrected chi connectivity index (χ3v) is 6.69. The van der Waals surface area contributed by atoms with Gasteiger partial charge in [0.05, 0.1) is 0 Å². The lowest BCUT2D eigenvalue weighted by Gasteiger charge is -2.43. The average Bonchev–Trinajstić information content (AvgIpc) is 1.86. The first-order chi connectivity index (χ1) is 4.42. The van der Waals surface area contributed by atoms with E-state index in [1.807, 2.05) is 0 Å². The summed E-state index contributed by atoms with van der Waals surface area (Å²) in [6, 6.07) is 0. The van der Waals surface area contributed by atoms with Gasteiger partial charge in [-0.3, -0.25) is 4.31 Å². The Morgan fingerprint density at radius 1 is 1.30 bits per heavy atom. The summed E-state index contributed by atoms with van der Waals surface area (Å²) in [6.07, 6.45) is 6.04. The molecule has 0 radical (unpaired) electrons. The van der Waals surface area contributed by atoms with Crippen LogP contribution < -0.4 is 0 Å². The van der Waals surface area contributed by atoms with Gasteiger partial charge in [0.15, 0.2) is 0 Å². The predicted octanol–water partition coefficient (Wildman–Crippen LogP) is 2.33. The van der Waals surface area contributed by atoms with Crippen molar-refractivity contribution in [2.75, 3.05) is 26.6 Å². The van der Waals surface area contributed by atoms with E-state index in [0.717, 1.165) is 5.25 Å². The molecule has 0 N–H and O–H groups in total. The number of rotatable bonds is 3. The molecule has 1 atom stereocenters. The summed E-state index contributed by atoms with van der Waals surface area (Å²) in [5.74, 6) is 0. The molecule has 64 valence electrons. The Bertz CT molecular complexity index is 99.4. The number of nitrogens with zero attached hydrogens (tertiary/aromatic N) is 1. The highest BCUT2D eigenvalue weighted by Crippen LogP contribution is 2.47. The molecule has 0 aromatic rings. The second-order valence-corrected chi connectivity index (χ2v) is 7.62. The zero-order valence-electron chi connectivity index (χ0n) is 8.14. The van der Waals surface area contributed by atoms with E-state index in [9.17, 15) is 0 Å². The van der Waals surface area contributed by atoms with Crippen LogP contribution in [0.4, 0.5) is 0 Å². The molecule has 0 spiro atoms. The standard InChI is InChI=1S/C8H21NS/c1-7-8(2)10(5,6)9(3)4/h8H,7H2,1-6H3. The fourth-order valence-electron chi connectivity index (χ4n) is 0.768. The van der Waals surface area contributed by atoms with Gasteiger partial charge in [-0.1, -0.05) is 13.8 Å². The van der Waals surface area contributed by atoms with E-state index in [0.29, 0.717) is 0 Å². The van der Waals surface area contributed by atoms with Gasteiger partial charge in [0.1, 0.15) is 0 Å². The van der Waals surface area contributed by atoms with Crippen molar-refractivity contribution in [2.45, 2.75) is 25.5 Å². The van der Waals surface area contributed by atoms with E-state index in [1.165, 1.54) is 6.42 Å². The van der Waals surface area contributed by atoms with Crippen molar-refractivity contribution in [3.8, 4) is 0 Å². The molecule has 0 bridgehead atoms. The lowest BCUT2D eigenvalue weighted by molar-refractivity contribution is 0.666. The molecule has 1 nitrogen and oxygen atoms in total. The van der Waals surface area contributed by atoms with Gasteiger partial charge >= 0.3 is 0 Å². The highest BCUT2D eigenvalue weighted by atomic mass is 32.3. The van der Waals surface area contributed by atoms with Gasteiger partial charge in [0, 0.05) is 0 Å². The topological polar surface area (TPSA) is 3.24 Å². The van der Waals surface area contributed by atoms with Crippen LogP contribution in [0.5, 0.6) is 0 Å². The minimum Gasteiger partial charge on any atom is -0.274 e. The van der Waals surface area contributed by atoms with Gasteiger partial charge < -0.3 is 0 Å². The van der Waals surface area contributed by atoms with Crippen LogP contribution >= 0.6 is 10.2 Å². The average molecular weight is 163 g/mol. The van der Waals surface area contributed by atoms with E-state index >= 15 is 0 Å². The van der Waals surface area contributed by atoms with Crippen molar-refractivity contribution in [3.63, 3.8) is 0 Å². The van der Waals surface area contributed by atoms with Crippen LogP contribution in [-0.4, -0.2) is 36.2 Å². The van der Waals surface area contributed by atoms with Crippen molar-refractivity contribution >= 4 is 10.2 Å². The summed E-state index contributed by atoms with van der Waals surface area (Å²) in [7, 11) is 3.87. The Labute approximate surface area is 67.2 Å².